The summed E-state index contributed by atoms with van der Waals surface area (Å²) in [7, 11) is 0. The zero-order valence-corrected chi connectivity index (χ0v) is 26.8. The van der Waals surface area contributed by atoms with Crippen molar-refractivity contribution in [2.24, 2.45) is 5.92 Å². The lowest BCUT2D eigenvalue weighted by molar-refractivity contribution is -0.137. The second-order valence-corrected chi connectivity index (χ2v) is 12.6. The maximum atomic E-state index is 14.4. The van der Waals surface area contributed by atoms with Crippen LogP contribution in [0.15, 0.2) is 48.5 Å². The van der Waals surface area contributed by atoms with E-state index in [2.05, 4.69) is 25.9 Å². The molecule has 0 unspecified atom stereocenters. The van der Waals surface area contributed by atoms with E-state index in [1.807, 2.05) is 0 Å². The minimum Gasteiger partial charge on any atom is -0.427 e. The van der Waals surface area contributed by atoms with E-state index in [0.717, 1.165) is 42.5 Å². The molecule has 13 nitrogen and oxygen atoms in total. The third kappa shape index (κ3) is 10.9. The first-order chi connectivity index (χ1) is 22.2. The van der Waals surface area contributed by atoms with E-state index in [4.69, 9.17) is 19.1 Å². The summed E-state index contributed by atoms with van der Waals surface area (Å²) in [6.45, 7) is 9.36. The summed E-state index contributed by atoms with van der Waals surface area (Å²) in [5.74, 6) is -1.99. The molecule has 0 radical (unpaired) electrons. The number of hydrogen-bond acceptors (Lipinski definition) is 12. The van der Waals surface area contributed by atoms with Gasteiger partial charge in [0, 0.05) is 17.7 Å². The van der Waals surface area contributed by atoms with Crippen molar-refractivity contribution in [3.05, 3.63) is 59.9 Å². The number of carbonyl (C=O) groups excluding carboxylic acids is 3. The first kappa shape index (κ1) is 35.5. The molecule has 1 heterocycles. The van der Waals surface area contributed by atoms with Crippen molar-refractivity contribution in [1.82, 2.24) is 9.97 Å². The Kier molecular flexibility index (Phi) is 10.2. The molecule has 17 heteroatoms. The molecule has 3 N–H and O–H groups in total. The summed E-state index contributed by atoms with van der Waals surface area (Å²) < 4.78 is 64.1. The highest BCUT2D eigenvalue weighted by molar-refractivity contribution is 5.97. The molecule has 0 saturated heterocycles. The molecule has 1 amide bonds. The monoisotopic (exact) mass is 678 g/mol. The largest absolute Gasteiger partial charge is 0.536 e. The van der Waals surface area contributed by atoms with Gasteiger partial charge in [0.2, 0.25) is 17.7 Å². The standard InChI is InChI=1S/C31H34F4N6O7/c1-29(2,3)45-27(43)47-41(48-28(44)46-30(4,5)6)24-16-23(36-20-12-9-18(10-13-20)31(33,34)35)39-26(40-24)38-22-15-19(32)11-14-21(22)37-25(42)17-7-8-17/h9-17H,7-8H2,1-6H3,(H,37,42)(H2,36,38,39,40). The summed E-state index contributed by atoms with van der Waals surface area (Å²) in [4.78, 5) is 56.6. The van der Waals surface area contributed by atoms with Gasteiger partial charge in [-0.2, -0.15) is 23.1 Å². The Balaban J connectivity index is 1.75. The van der Waals surface area contributed by atoms with E-state index in [9.17, 15) is 31.9 Å². The molecule has 48 heavy (non-hydrogen) atoms. The first-order valence-corrected chi connectivity index (χ1v) is 14.6. The number of anilines is 6. The number of ether oxygens (including phenoxy) is 2. The summed E-state index contributed by atoms with van der Waals surface area (Å²) in [5, 5.41) is 8.57. The Morgan fingerprint density at radius 1 is 0.792 bits per heavy atom. The van der Waals surface area contributed by atoms with Crippen molar-refractivity contribution in [2.75, 3.05) is 21.2 Å². The van der Waals surface area contributed by atoms with Gasteiger partial charge >= 0.3 is 18.5 Å². The lowest BCUT2D eigenvalue weighted by atomic mass is 10.2. The third-order valence-corrected chi connectivity index (χ3v) is 5.91. The van der Waals surface area contributed by atoms with Crippen LogP contribution < -0.4 is 21.2 Å². The maximum Gasteiger partial charge on any atom is 0.536 e. The molecule has 1 fully saturated rings. The molecule has 1 aliphatic carbocycles. The molecule has 3 aromatic rings. The van der Waals surface area contributed by atoms with Crippen molar-refractivity contribution >= 4 is 52.9 Å². The number of nitrogens with zero attached hydrogens (tertiary/aromatic N) is 3. The molecule has 1 saturated carbocycles. The van der Waals surface area contributed by atoms with Crippen molar-refractivity contribution in [1.29, 1.82) is 0 Å². The average Bonchev–Trinajstić information content (AvgIpc) is 3.78. The average molecular weight is 679 g/mol. The second-order valence-electron chi connectivity index (χ2n) is 12.6. The third-order valence-electron chi connectivity index (χ3n) is 5.91. The number of alkyl halides is 3. The number of rotatable bonds is 9. The van der Waals surface area contributed by atoms with E-state index < -0.39 is 46.9 Å². The Morgan fingerprint density at radius 3 is 1.90 bits per heavy atom. The van der Waals surface area contributed by atoms with Crippen LogP contribution in [0, 0.1) is 11.7 Å². The second kappa shape index (κ2) is 13.8. The van der Waals surface area contributed by atoms with Crippen LogP contribution in [0.3, 0.4) is 0 Å². The van der Waals surface area contributed by atoms with E-state index in [1.165, 1.54) is 6.07 Å². The SMILES string of the molecule is CC(C)(C)OC(=O)ON(OC(=O)OC(C)(C)C)c1cc(Nc2ccc(C(F)(F)F)cc2)nc(Nc2cc(F)ccc2NC(=O)C2CC2)n1. The topological polar surface area (TPSA) is 153 Å². The van der Waals surface area contributed by atoms with Gasteiger partial charge in [0.05, 0.1) is 16.9 Å². The predicted octanol–water partition coefficient (Wildman–Crippen LogP) is 8.01. The fourth-order valence-corrected chi connectivity index (χ4v) is 3.75. The number of nitrogens with one attached hydrogen (secondary N) is 3. The molecular formula is C31H34F4N6O7. The van der Waals surface area contributed by atoms with E-state index in [0.29, 0.717) is 12.8 Å². The molecule has 1 aliphatic rings. The first-order valence-electron chi connectivity index (χ1n) is 14.6. The molecule has 0 bridgehead atoms. The molecule has 0 atom stereocenters. The van der Waals surface area contributed by atoms with Gasteiger partial charge in [-0.1, -0.05) is 0 Å². The number of benzene rings is 2. The predicted molar refractivity (Wildman–Crippen MR) is 165 cm³/mol. The van der Waals surface area contributed by atoms with E-state index in [-0.39, 0.29) is 45.9 Å². The van der Waals surface area contributed by atoms with Crippen molar-refractivity contribution in [2.45, 2.75) is 71.8 Å². The zero-order valence-electron chi connectivity index (χ0n) is 26.8. The van der Waals surface area contributed by atoms with Crippen LogP contribution in [0.2, 0.25) is 0 Å². The van der Waals surface area contributed by atoms with Gasteiger partial charge < -0.3 is 25.4 Å². The smallest absolute Gasteiger partial charge is 0.427 e. The van der Waals surface area contributed by atoms with Crippen molar-refractivity contribution < 1.29 is 51.1 Å². The quantitative estimate of drug-likeness (QED) is 0.114. The zero-order chi connectivity index (χ0) is 35.4. The van der Waals surface area contributed by atoms with Gasteiger partial charge in [-0.3, -0.25) is 14.5 Å². The van der Waals surface area contributed by atoms with Crippen LogP contribution >= 0.6 is 0 Å². The Morgan fingerprint density at radius 2 is 1.38 bits per heavy atom. The van der Waals surface area contributed by atoms with Crippen molar-refractivity contribution in [3.63, 3.8) is 0 Å². The van der Waals surface area contributed by atoms with Gasteiger partial charge in [0.15, 0.2) is 0 Å². The number of halogens is 4. The van der Waals surface area contributed by atoms with Gasteiger partial charge in [0.1, 0.15) is 22.8 Å². The summed E-state index contributed by atoms with van der Waals surface area (Å²) in [6, 6.07) is 8.61. The van der Waals surface area contributed by atoms with Crippen LogP contribution in [0.1, 0.15) is 59.9 Å². The fraction of sp³-hybridized carbons (Fsp3) is 0.387. The van der Waals surface area contributed by atoms with E-state index >= 15 is 0 Å². The van der Waals surface area contributed by atoms with Crippen LogP contribution in [0.4, 0.5) is 61.8 Å². The normalized spacial score (nSPS) is 13.2. The van der Waals surface area contributed by atoms with Gasteiger partial charge in [-0.15, -0.1) is 0 Å². The number of aromatic nitrogens is 2. The molecule has 4 rings (SSSR count). The lowest BCUT2D eigenvalue weighted by Crippen LogP contribution is -2.36. The fourth-order valence-electron chi connectivity index (χ4n) is 3.75. The summed E-state index contributed by atoms with van der Waals surface area (Å²) in [5.41, 5.74) is -2.59. The Bertz CT molecular complexity index is 1620. The highest BCUT2D eigenvalue weighted by atomic mass is 19.4. The van der Waals surface area contributed by atoms with Gasteiger partial charge in [0.25, 0.3) is 0 Å². The molecule has 1 aromatic heterocycles. The lowest BCUT2D eigenvalue weighted by Gasteiger charge is -2.25. The maximum absolute atomic E-state index is 14.4. The highest BCUT2D eigenvalue weighted by Gasteiger charge is 2.32. The molecule has 0 spiro atoms. The van der Waals surface area contributed by atoms with Gasteiger partial charge in [-0.05, 0) is 102 Å². The molecule has 2 aromatic carbocycles. The molecular weight excluding hydrogens is 644 g/mol. The van der Waals surface area contributed by atoms with Crippen LogP contribution in [0.5, 0.6) is 0 Å². The minimum atomic E-state index is -4.58. The van der Waals surface area contributed by atoms with Crippen LogP contribution in [-0.2, 0) is 30.1 Å². The number of amides is 1. The van der Waals surface area contributed by atoms with Crippen LogP contribution in [0.25, 0.3) is 0 Å². The number of hydrogen-bond donors (Lipinski definition) is 3. The Hall–Kier alpha value is -5.35. The van der Waals surface area contributed by atoms with Gasteiger partial charge in [-0.25, -0.2) is 14.0 Å². The summed E-state index contributed by atoms with van der Waals surface area (Å²) in [6.07, 6.45) is -5.78. The van der Waals surface area contributed by atoms with Crippen molar-refractivity contribution in [3.8, 4) is 0 Å². The minimum absolute atomic E-state index is 0.0225. The van der Waals surface area contributed by atoms with Crippen LogP contribution in [-0.4, -0.2) is 39.4 Å². The van der Waals surface area contributed by atoms with E-state index in [1.54, 1.807) is 41.5 Å². The summed E-state index contributed by atoms with van der Waals surface area (Å²) >= 11 is 0. The Labute approximate surface area is 272 Å². The molecule has 0 aliphatic heterocycles. The molecule has 258 valence electrons. The highest BCUT2D eigenvalue weighted by Crippen LogP contribution is 2.34. The number of carbonyl (C=O) groups is 3.